The molecule has 2 heterocycles. The minimum absolute atomic E-state index is 0.0853. The Hall–Kier alpha value is -2.42. The molecule has 1 unspecified atom stereocenters. The van der Waals surface area contributed by atoms with Crippen molar-refractivity contribution in [2.75, 3.05) is 0 Å². The topological polar surface area (TPSA) is 15.4 Å². The molecular weight excluding hydrogens is 328 g/mol. The Bertz CT molecular complexity index is 919. The van der Waals surface area contributed by atoms with E-state index in [-0.39, 0.29) is 6.17 Å². The number of hydrogen-bond donors (Lipinski definition) is 0. The Morgan fingerprint density at radius 2 is 1.28 bits per heavy atom. The van der Waals surface area contributed by atoms with Gasteiger partial charge in [0.2, 0.25) is 0 Å². The summed E-state index contributed by atoms with van der Waals surface area (Å²) in [6.45, 7) is 0. The molecule has 4 atom stereocenters. The Kier molecular flexibility index (Phi) is 3.47. The highest BCUT2D eigenvalue weighted by atomic mass is 35.5. The van der Waals surface area contributed by atoms with Crippen LogP contribution in [0.4, 0.5) is 0 Å². The summed E-state index contributed by atoms with van der Waals surface area (Å²) in [6, 6.07) is 30.0. The third kappa shape index (κ3) is 2.50. The van der Waals surface area contributed by atoms with Gasteiger partial charge in [0.25, 0.3) is 0 Å². The van der Waals surface area contributed by atoms with Crippen LogP contribution in [0, 0.1) is 0 Å². The summed E-state index contributed by atoms with van der Waals surface area (Å²) >= 11 is 6.06. The van der Waals surface area contributed by atoms with E-state index in [9.17, 15) is 0 Å². The Morgan fingerprint density at radius 1 is 0.680 bits per heavy atom. The van der Waals surface area contributed by atoms with E-state index in [0.29, 0.717) is 12.1 Å². The molecule has 3 aromatic carbocycles. The molecule has 2 aliphatic rings. The predicted octanol–water partition coefficient (Wildman–Crippen LogP) is 5.27. The van der Waals surface area contributed by atoms with Gasteiger partial charge in [0.05, 0.1) is 17.8 Å². The summed E-state index contributed by atoms with van der Waals surface area (Å²) in [4.78, 5) is 7.56. The van der Waals surface area contributed by atoms with Gasteiger partial charge in [-0.05, 0) is 28.8 Å². The minimum atomic E-state index is 0.0853. The van der Waals surface area contributed by atoms with E-state index in [4.69, 9.17) is 16.6 Å². The van der Waals surface area contributed by atoms with E-state index in [2.05, 4.69) is 77.7 Å². The summed E-state index contributed by atoms with van der Waals surface area (Å²) in [5, 5.41) is 0.759. The van der Waals surface area contributed by atoms with Gasteiger partial charge in [-0.3, -0.25) is 9.89 Å². The maximum Gasteiger partial charge on any atom is 0.129 e. The number of nitrogens with zero attached hydrogens (tertiary/aromatic N) is 2. The molecule has 2 nitrogen and oxygen atoms in total. The molecular formula is C22H17ClN2. The second-order valence-corrected chi connectivity index (χ2v) is 6.99. The lowest BCUT2D eigenvalue weighted by Crippen LogP contribution is -2.08. The van der Waals surface area contributed by atoms with Crippen molar-refractivity contribution < 1.29 is 0 Å². The SMILES string of the molecule is Clc1ccc(C2=N[C@H](c3ccccc3)N3[C@@H]2[C@@H]3c2ccccc2)cc1. The second kappa shape index (κ2) is 5.83. The molecule has 0 saturated carbocycles. The molecule has 0 aromatic heterocycles. The van der Waals surface area contributed by atoms with E-state index < -0.39 is 0 Å². The second-order valence-electron chi connectivity index (χ2n) is 6.55. The fraction of sp³-hybridized carbons (Fsp3) is 0.136. The van der Waals surface area contributed by atoms with Crippen molar-refractivity contribution in [2.45, 2.75) is 18.2 Å². The van der Waals surface area contributed by atoms with Crippen molar-refractivity contribution in [3.8, 4) is 0 Å². The van der Waals surface area contributed by atoms with E-state index in [1.54, 1.807) is 0 Å². The standard InChI is InChI=1S/C22H17ClN2/c23-18-13-11-15(12-14-18)19-21-20(16-7-3-1-4-8-16)25(21)22(24-19)17-9-5-2-6-10-17/h1-14,20-22H/t20-,21-,22-,25?/m0/s1. The molecule has 0 amide bonds. The number of benzene rings is 3. The molecule has 0 spiro atoms. The van der Waals surface area contributed by atoms with Crippen LogP contribution in [-0.4, -0.2) is 16.7 Å². The number of rotatable bonds is 3. The number of fused-ring (bicyclic) bond motifs is 1. The zero-order chi connectivity index (χ0) is 16.8. The Morgan fingerprint density at radius 3 is 1.92 bits per heavy atom. The first-order valence-corrected chi connectivity index (χ1v) is 8.92. The Balaban J connectivity index is 1.57. The van der Waals surface area contributed by atoms with Gasteiger partial charge in [-0.2, -0.15) is 0 Å². The average Bonchev–Trinajstić information content (AvgIpc) is 3.28. The van der Waals surface area contributed by atoms with Crippen molar-refractivity contribution in [3.63, 3.8) is 0 Å². The molecule has 0 radical (unpaired) electrons. The van der Waals surface area contributed by atoms with Crippen LogP contribution in [0.5, 0.6) is 0 Å². The highest BCUT2D eigenvalue weighted by Crippen LogP contribution is 2.55. The average molecular weight is 345 g/mol. The molecule has 25 heavy (non-hydrogen) atoms. The lowest BCUT2D eigenvalue weighted by atomic mass is 10.0. The van der Waals surface area contributed by atoms with Gasteiger partial charge < -0.3 is 0 Å². The van der Waals surface area contributed by atoms with Crippen LogP contribution >= 0.6 is 11.6 Å². The molecule has 0 N–H and O–H groups in total. The van der Waals surface area contributed by atoms with Crippen LogP contribution < -0.4 is 0 Å². The van der Waals surface area contributed by atoms with E-state index in [1.165, 1.54) is 16.8 Å². The van der Waals surface area contributed by atoms with Gasteiger partial charge in [-0.15, -0.1) is 0 Å². The first-order valence-electron chi connectivity index (χ1n) is 8.54. The van der Waals surface area contributed by atoms with Crippen molar-refractivity contribution in [3.05, 3.63) is 107 Å². The fourth-order valence-corrected chi connectivity index (χ4v) is 3.99. The molecule has 1 saturated heterocycles. The normalized spacial score (nSPS) is 26.8. The molecule has 3 heteroatoms. The van der Waals surface area contributed by atoms with Gasteiger partial charge in [-0.25, -0.2) is 0 Å². The lowest BCUT2D eigenvalue weighted by Gasteiger charge is -2.14. The molecule has 3 aromatic rings. The number of halogens is 1. The number of aliphatic imine (C=N–C) groups is 1. The smallest absolute Gasteiger partial charge is 0.129 e. The van der Waals surface area contributed by atoms with E-state index in [1.807, 2.05) is 12.1 Å². The molecule has 122 valence electrons. The van der Waals surface area contributed by atoms with Crippen LogP contribution in [0.2, 0.25) is 5.02 Å². The van der Waals surface area contributed by atoms with Crippen LogP contribution in [0.3, 0.4) is 0 Å². The highest BCUT2D eigenvalue weighted by Gasteiger charge is 2.59. The van der Waals surface area contributed by atoms with Gasteiger partial charge in [0.1, 0.15) is 6.17 Å². The van der Waals surface area contributed by atoms with Crippen LogP contribution in [0.25, 0.3) is 0 Å². The summed E-state index contributed by atoms with van der Waals surface area (Å²) < 4.78 is 0. The zero-order valence-electron chi connectivity index (χ0n) is 13.6. The molecule has 0 bridgehead atoms. The zero-order valence-corrected chi connectivity index (χ0v) is 14.3. The van der Waals surface area contributed by atoms with Crippen molar-refractivity contribution in [2.24, 2.45) is 4.99 Å². The molecule has 2 aliphatic heterocycles. The quantitative estimate of drug-likeness (QED) is 0.591. The maximum atomic E-state index is 6.06. The fourth-order valence-electron chi connectivity index (χ4n) is 3.86. The monoisotopic (exact) mass is 344 g/mol. The van der Waals surface area contributed by atoms with Gasteiger partial charge in [-0.1, -0.05) is 84.4 Å². The van der Waals surface area contributed by atoms with Crippen LogP contribution in [0.1, 0.15) is 28.9 Å². The predicted molar refractivity (Wildman–Crippen MR) is 102 cm³/mol. The van der Waals surface area contributed by atoms with Gasteiger partial charge in [0.15, 0.2) is 0 Å². The summed E-state index contributed by atoms with van der Waals surface area (Å²) in [5.41, 5.74) is 4.93. The van der Waals surface area contributed by atoms with Gasteiger partial charge in [0, 0.05) is 5.02 Å². The largest absolute Gasteiger partial charge is 0.263 e. The van der Waals surface area contributed by atoms with E-state index >= 15 is 0 Å². The number of hydrogen-bond acceptors (Lipinski definition) is 2. The molecule has 0 aliphatic carbocycles. The van der Waals surface area contributed by atoms with Crippen LogP contribution in [-0.2, 0) is 0 Å². The van der Waals surface area contributed by atoms with Gasteiger partial charge >= 0.3 is 0 Å². The molecule has 5 rings (SSSR count). The molecule has 1 fully saturated rings. The minimum Gasteiger partial charge on any atom is -0.263 e. The summed E-state index contributed by atoms with van der Waals surface area (Å²) in [5.74, 6) is 0. The Labute approximate surface area is 152 Å². The van der Waals surface area contributed by atoms with Crippen molar-refractivity contribution >= 4 is 17.3 Å². The summed E-state index contributed by atoms with van der Waals surface area (Å²) in [7, 11) is 0. The van der Waals surface area contributed by atoms with Crippen molar-refractivity contribution in [1.82, 2.24) is 4.90 Å². The van der Waals surface area contributed by atoms with Crippen LogP contribution in [0.15, 0.2) is 89.9 Å². The van der Waals surface area contributed by atoms with E-state index in [0.717, 1.165) is 10.6 Å². The summed E-state index contributed by atoms with van der Waals surface area (Å²) in [6.07, 6.45) is 0.0853. The lowest BCUT2D eigenvalue weighted by molar-refractivity contribution is 0.404. The third-order valence-corrected chi connectivity index (χ3v) is 5.31. The first-order chi connectivity index (χ1) is 12.3. The first kappa shape index (κ1) is 14.9. The maximum absolute atomic E-state index is 6.06. The highest BCUT2D eigenvalue weighted by molar-refractivity contribution is 6.30. The third-order valence-electron chi connectivity index (χ3n) is 5.05. The van der Waals surface area contributed by atoms with Crippen molar-refractivity contribution in [1.29, 1.82) is 0 Å².